The van der Waals surface area contributed by atoms with E-state index in [0.717, 1.165) is 12.8 Å². The summed E-state index contributed by atoms with van der Waals surface area (Å²) < 4.78 is 0. The summed E-state index contributed by atoms with van der Waals surface area (Å²) >= 11 is 0. The van der Waals surface area contributed by atoms with Crippen molar-refractivity contribution in [3.63, 3.8) is 0 Å². The molecule has 0 aromatic heterocycles. The predicted molar refractivity (Wildman–Crippen MR) is 127 cm³/mol. The van der Waals surface area contributed by atoms with Crippen molar-refractivity contribution in [3.05, 3.63) is 75.9 Å². The second-order valence-corrected chi connectivity index (χ2v) is 8.72. The van der Waals surface area contributed by atoms with Crippen LogP contribution in [0.2, 0.25) is 0 Å². The van der Waals surface area contributed by atoms with Crippen LogP contribution < -0.4 is 0 Å². The van der Waals surface area contributed by atoms with Gasteiger partial charge in [0, 0.05) is 5.92 Å². The topological polar surface area (TPSA) is 0 Å². The molecule has 0 amide bonds. The van der Waals surface area contributed by atoms with Crippen molar-refractivity contribution in [3.8, 4) is 0 Å². The molecule has 0 heteroatoms. The molecule has 0 aliphatic heterocycles. The fraction of sp³-hybridized carbons (Fsp3) is 0.500. The van der Waals surface area contributed by atoms with E-state index in [2.05, 4.69) is 91.0 Å². The number of rotatable bonds is 6. The number of unbranched alkanes of at least 4 members (excludes halogenated alkanes) is 2. The van der Waals surface area contributed by atoms with Gasteiger partial charge in [0.1, 0.15) is 0 Å². The normalized spacial score (nSPS) is 18.8. The van der Waals surface area contributed by atoms with Gasteiger partial charge in [-0.3, -0.25) is 0 Å². The highest BCUT2D eigenvalue weighted by Gasteiger charge is 2.18. The Balaban J connectivity index is 2.37. The summed E-state index contributed by atoms with van der Waals surface area (Å²) in [5, 5.41) is 0. The van der Waals surface area contributed by atoms with Crippen LogP contribution in [0.1, 0.15) is 96.8 Å². The molecule has 152 valence electrons. The summed E-state index contributed by atoms with van der Waals surface area (Å²) in [5.41, 5.74) is 10.3. The average molecular weight is 377 g/mol. The van der Waals surface area contributed by atoms with E-state index in [1.165, 1.54) is 58.2 Å². The Bertz CT molecular complexity index is 780. The summed E-state index contributed by atoms with van der Waals surface area (Å²) in [6, 6.07) is 7.13. The Morgan fingerprint density at radius 1 is 1.21 bits per heavy atom. The summed E-state index contributed by atoms with van der Waals surface area (Å²) in [5.74, 6) is 1.04. The lowest BCUT2D eigenvalue weighted by molar-refractivity contribution is 0.801. The molecule has 0 saturated heterocycles. The number of allylic oxidation sites excluding steroid dienone is 8. The monoisotopic (exact) mass is 376 g/mol. The van der Waals surface area contributed by atoms with Crippen LogP contribution in [0.5, 0.6) is 0 Å². The van der Waals surface area contributed by atoms with Gasteiger partial charge >= 0.3 is 0 Å². The molecule has 0 fully saturated rings. The molecule has 0 nitrogen and oxygen atoms in total. The summed E-state index contributed by atoms with van der Waals surface area (Å²) in [4.78, 5) is 0. The third-order valence-corrected chi connectivity index (χ3v) is 6.35. The molecule has 0 heterocycles. The molecular formula is C28H40. The molecule has 0 radical (unpaired) electrons. The highest BCUT2D eigenvalue weighted by Crippen LogP contribution is 2.35. The third-order valence-electron chi connectivity index (χ3n) is 6.35. The van der Waals surface area contributed by atoms with E-state index >= 15 is 0 Å². The van der Waals surface area contributed by atoms with Crippen LogP contribution in [0, 0.1) is 5.92 Å². The SMILES string of the molecule is CCCCC=CC=C(C)C1=CCCc2cc(C(C)C)ccc2C(C)=C(C)C1C. The lowest BCUT2D eigenvalue weighted by Crippen LogP contribution is -2.04. The molecule has 1 aliphatic rings. The Morgan fingerprint density at radius 3 is 2.64 bits per heavy atom. The lowest BCUT2D eigenvalue weighted by atomic mass is 9.84. The van der Waals surface area contributed by atoms with Crippen molar-refractivity contribution < 1.29 is 0 Å². The molecule has 0 spiro atoms. The van der Waals surface area contributed by atoms with Crippen molar-refractivity contribution in [2.75, 3.05) is 0 Å². The van der Waals surface area contributed by atoms with Gasteiger partial charge in [-0.25, -0.2) is 0 Å². The second kappa shape index (κ2) is 10.6. The quantitative estimate of drug-likeness (QED) is 0.343. The van der Waals surface area contributed by atoms with Gasteiger partial charge in [0.2, 0.25) is 0 Å². The van der Waals surface area contributed by atoms with Crippen molar-refractivity contribution in [1.29, 1.82) is 0 Å². The number of hydrogen-bond donors (Lipinski definition) is 0. The zero-order chi connectivity index (χ0) is 20.7. The van der Waals surface area contributed by atoms with E-state index in [1.54, 1.807) is 0 Å². The molecule has 0 bridgehead atoms. The smallest absolute Gasteiger partial charge is 0.00224 e. The second-order valence-electron chi connectivity index (χ2n) is 8.72. The van der Waals surface area contributed by atoms with Crippen molar-refractivity contribution >= 4 is 5.57 Å². The Kier molecular flexibility index (Phi) is 8.55. The van der Waals surface area contributed by atoms with E-state index < -0.39 is 0 Å². The highest BCUT2D eigenvalue weighted by atomic mass is 14.2. The minimum absolute atomic E-state index is 0.455. The summed E-state index contributed by atoms with van der Waals surface area (Å²) in [6.07, 6.45) is 15.3. The zero-order valence-corrected chi connectivity index (χ0v) is 19.2. The van der Waals surface area contributed by atoms with Crippen LogP contribution >= 0.6 is 0 Å². The van der Waals surface area contributed by atoms with Crippen LogP contribution in [0.3, 0.4) is 0 Å². The molecule has 1 atom stereocenters. The molecule has 0 saturated carbocycles. The van der Waals surface area contributed by atoms with Crippen LogP contribution in [-0.4, -0.2) is 0 Å². The molecule has 2 rings (SSSR count). The maximum atomic E-state index is 2.49. The molecule has 1 aromatic rings. The van der Waals surface area contributed by atoms with Crippen LogP contribution in [-0.2, 0) is 6.42 Å². The summed E-state index contributed by atoms with van der Waals surface area (Å²) in [6.45, 7) is 16.1. The van der Waals surface area contributed by atoms with Gasteiger partial charge in [-0.15, -0.1) is 0 Å². The first-order chi connectivity index (χ1) is 13.4. The largest absolute Gasteiger partial charge is 0.0845 e. The first-order valence-corrected chi connectivity index (χ1v) is 11.2. The molecule has 1 aromatic carbocycles. The Hall–Kier alpha value is -1.82. The predicted octanol–water partition coefficient (Wildman–Crippen LogP) is 8.80. The van der Waals surface area contributed by atoms with E-state index in [0.29, 0.717) is 11.8 Å². The maximum Gasteiger partial charge on any atom is 0.00224 e. The van der Waals surface area contributed by atoms with Gasteiger partial charge < -0.3 is 0 Å². The molecule has 28 heavy (non-hydrogen) atoms. The third kappa shape index (κ3) is 5.60. The van der Waals surface area contributed by atoms with E-state index in [1.807, 2.05) is 0 Å². The van der Waals surface area contributed by atoms with Crippen LogP contribution in [0.4, 0.5) is 0 Å². The van der Waals surface area contributed by atoms with Gasteiger partial charge in [-0.2, -0.15) is 0 Å². The van der Waals surface area contributed by atoms with Gasteiger partial charge in [0.05, 0.1) is 0 Å². The lowest BCUT2D eigenvalue weighted by Gasteiger charge is -2.21. The minimum Gasteiger partial charge on any atom is -0.0845 e. The van der Waals surface area contributed by atoms with E-state index in [4.69, 9.17) is 0 Å². The fourth-order valence-electron chi connectivity index (χ4n) is 4.11. The zero-order valence-electron chi connectivity index (χ0n) is 19.2. The van der Waals surface area contributed by atoms with E-state index in [9.17, 15) is 0 Å². The Labute approximate surface area is 174 Å². The molecule has 1 unspecified atom stereocenters. The average Bonchev–Trinajstić information content (AvgIpc) is 2.72. The van der Waals surface area contributed by atoms with Gasteiger partial charge in [0.15, 0.2) is 0 Å². The van der Waals surface area contributed by atoms with Gasteiger partial charge in [-0.1, -0.05) is 88.6 Å². The molecule has 1 aliphatic carbocycles. The first-order valence-electron chi connectivity index (χ1n) is 11.2. The van der Waals surface area contributed by atoms with E-state index in [-0.39, 0.29) is 0 Å². The van der Waals surface area contributed by atoms with Crippen molar-refractivity contribution in [2.45, 2.75) is 86.5 Å². The summed E-state index contributed by atoms with van der Waals surface area (Å²) in [7, 11) is 0. The number of benzene rings is 1. The first kappa shape index (κ1) is 22.5. The number of hydrogen-bond acceptors (Lipinski definition) is 0. The van der Waals surface area contributed by atoms with Gasteiger partial charge in [0.25, 0.3) is 0 Å². The van der Waals surface area contributed by atoms with Crippen LogP contribution in [0.15, 0.2) is 59.2 Å². The van der Waals surface area contributed by atoms with Crippen molar-refractivity contribution in [1.82, 2.24) is 0 Å². The molecular weight excluding hydrogens is 336 g/mol. The fourth-order valence-corrected chi connectivity index (χ4v) is 4.11. The minimum atomic E-state index is 0.455. The Morgan fingerprint density at radius 2 is 1.96 bits per heavy atom. The van der Waals surface area contributed by atoms with Crippen LogP contribution in [0.25, 0.3) is 5.57 Å². The molecule has 0 N–H and O–H groups in total. The standard InChI is InChI=1S/C28H40/c1-8-9-10-11-12-14-21(4)27-16-13-15-26-19-25(20(2)3)17-18-28(26)24(7)22(5)23(27)6/h11-12,14,16-20,23H,8-10,13,15H2,1-7H3. The number of fused-ring (bicyclic) bond motifs is 1. The van der Waals surface area contributed by atoms with Crippen molar-refractivity contribution in [2.24, 2.45) is 5.92 Å². The number of aryl methyl sites for hydroxylation is 1. The highest BCUT2D eigenvalue weighted by molar-refractivity contribution is 5.71. The maximum absolute atomic E-state index is 2.49. The van der Waals surface area contributed by atoms with Gasteiger partial charge in [-0.05, 0) is 79.4 Å².